The Labute approximate surface area is 272 Å². The molecule has 0 N–H and O–H groups in total. The summed E-state index contributed by atoms with van der Waals surface area (Å²) in [6.45, 7) is 1.65. The van der Waals surface area contributed by atoms with Crippen molar-refractivity contribution in [1.82, 2.24) is 4.90 Å². The Bertz CT molecular complexity index is 1640. The summed E-state index contributed by atoms with van der Waals surface area (Å²) in [6.07, 6.45) is -4.26. The lowest BCUT2D eigenvalue weighted by Crippen LogP contribution is -2.68. The van der Waals surface area contributed by atoms with Crippen LogP contribution in [-0.2, 0) is 37.0 Å². The molecule has 0 saturated carbocycles. The maximum Gasteiger partial charge on any atom is 0.303 e. The van der Waals surface area contributed by atoms with Crippen molar-refractivity contribution in [2.75, 3.05) is 13.7 Å². The monoisotopic (exact) mass is 637 g/mol. The molecule has 0 radical (unpaired) electrons. The van der Waals surface area contributed by atoms with E-state index in [0.29, 0.717) is 11.5 Å². The Hall–Kier alpha value is -5.03. The molecule has 2 amide bonds. The van der Waals surface area contributed by atoms with Crippen LogP contribution < -0.4 is 9.47 Å². The molecule has 10 nitrogen and oxygen atoms in total. The molecule has 1 fully saturated rings. The number of imide groups is 1. The smallest absolute Gasteiger partial charge is 0.303 e. The Morgan fingerprint density at radius 1 is 0.723 bits per heavy atom. The minimum absolute atomic E-state index is 0.00461. The number of amides is 2. The zero-order chi connectivity index (χ0) is 32.8. The second-order valence-corrected chi connectivity index (χ2v) is 11.2. The number of ether oxygens (including phenoxy) is 6. The summed E-state index contributed by atoms with van der Waals surface area (Å²) in [5.41, 5.74) is 2.28. The van der Waals surface area contributed by atoms with Gasteiger partial charge in [0.2, 0.25) is 6.29 Å². The van der Waals surface area contributed by atoms with E-state index in [-0.39, 0.29) is 30.9 Å². The number of carbonyl (C=O) groups excluding carboxylic acids is 3. The summed E-state index contributed by atoms with van der Waals surface area (Å²) in [5, 5.41) is 0. The van der Waals surface area contributed by atoms with Crippen LogP contribution >= 0.6 is 0 Å². The van der Waals surface area contributed by atoms with Crippen LogP contribution in [0.4, 0.5) is 0 Å². The van der Waals surface area contributed by atoms with Crippen LogP contribution in [0.1, 0.15) is 38.8 Å². The number of rotatable bonds is 12. The van der Waals surface area contributed by atoms with E-state index in [1.807, 2.05) is 60.7 Å². The van der Waals surface area contributed by atoms with E-state index in [0.717, 1.165) is 16.0 Å². The van der Waals surface area contributed by atoms with E-state index in [1.54, 1.807) is 55.6 Å². The van der Waals surface area contributed by atoms with E-state index < -0.39 is 48.4 Å². The first-order valence-electron chi connectivity index (χ1n) is 15.3. The van der Waals surface area contributed by atoms with Crippen molar-refractivity contribution in [2.24, 2.45) is 0 Å². The largest absolute Gasteiger partial charge is 0.497 e. The Kier molecular flexibility index (Phi) is 9.92. The highest BCUT2D eigenvalue weighted by Gasteiger charge is 2.56. The molecule has 1 unspecified atom stereocenters. The van der Waals surface area contributed by atoms with Crippen LogP contribution in [0.15, 0.2) is 109 Å². The van der Waals surface area contributed by atoms with E-state index in [9.17, 15) is 14.4 Å². The Morgan fingerprint density at radius 2 is 1.28 bits per heavy atom. The third-order valence-electron chi connectivity index (χ3n) is 8.03. The van der Waals surface area contributed by atoms with Crippen LogP contribution in [0.3, 0.4) is 0 Å². The minimum Gasteiger partial charge on any atom is -0.497 e. The fraction of sp³-hybridized carbons (Fsp3) is 0.270. The number of hydrogen-bond donors (Lipinski definition) is 0. The third-order valence-corrected chi connectivity index (χ3v) is 8.03. The molecule has 242 valence electrons. The molecule has 6 rings (SSSR count). The number of carbonyl (C=O) groups is 3. The molecule has 0 aliphatic carbocycles. The summed E-state index contributed by atoms with van der Waals surface area (Å²) < 4.78 is 36.7. The molecule has 2 aliphatic rings. The molecular formula is C37H35NO9. The van der Waals surface area contributed by atoms with E-state index in [1.165, 1.54) is 6.92 Å². The zero-order valence-corrected chi connectivity index (χ0v) is 26.0. The summed E-state index contributed by atoms with van der Waals surface area (Å²) in [7, 11) is 1.56. The van der Waals surface area contributed by atoms with Crippen molar-refractivity contribution in [3.05, 3.63) is 131 Å². The maximum absolute atomic E-state index is 13.9. The summed E-state index contributed by atoms with van der Waals surface area (Å²) in [4.78, 5) is 41.6. The highest BCUT2D eigenvalue weighted by Crippen LogP contribution is 2.36. The predicted octanol–water partition coefficient (Wildman–Crippen LogP) is 5.20. The molecule has 4 aromatic carbocycles. The van der Waals surface area contributed by atoms with Crippen molar-refractivity contribution >= 4 is 17.8 Å². The normalized spacial score (nSPS) is 22.1. The van der Waals surface area contributed by atoms with Gasteiger partial charge in [0.25, 0.3) is 11.8 Å². The highest BCUT2D eigenvalue weighted by molar-refractivity contribution is 6.21. The Morgan fingerprint density at radius 3 is 1.85 bits per heavy atom. The maximum atomic E-state index is 13.9. The number of nitrogens with zero attached hydrogens (tertiary/aromatic N) is 1. The number of methoxy groups -OCH3 is 1. The number of esters is 1. The molecule has 1 saturated heterocycles. The first-order valence-corrected chi connectivity index (χ1v) is 15.3. The average molecular weight is 638 g/mol. The van der Waals surface area contributed by atoms with Gasteiger partial charge in [-0.1, -0.05) is 72.8 Å². The van der Waals surface area contributed by atoms with Crippen LogP contribution in [0, 0.1) is 0 Å². The first-order chi connectivity index (χ1) is 22.9. The lowest BCUT2D eigenvalue weighted by molar-refractivity contribution is -0.272. The van der Waals surface area contributed by atoms with Gasteiger partial charge < -0.3 is 28.4 Å². The molecule has 0 spiro atoms. The lowest BCUT2D eigenvalue weighted by atomic mass is 9.94. The fourth-order valence-electron chi connectivity index (χ4n) is 5.82. The van der Waals surface area contributed by atoms with Gasteiger partial charge in [0.1, 0.15) is 29.7 Å². The van der Waals surface area contributed by atoms with Crippen LogP contribution in [0.5, 0.6) is 11.5 Å². The van der Waals surface area contributed by atoms with E-state index in [4.69, 9.17) is 28.4 Å². The minimum atomic E-state index is -1.23. The molecular weight excluding hydrogens is 602 g/mol. The summed E-state index contributed by atoms with van der Waals surface area (Å²) >= 11 is 0. The van der Waals surface area contributed by atoms with Crippen molar-refractivity contribution in [2.45, 2.75) is 50.8 Å². The highest BCUT2D eigenvalue weighted by atomic mass is 16.7. The van der Waals surface area contributed by atoms with Gasteiger partial charge >= 0.3 is 5.97 Å². The second-order valence-electron chi connectivity index (χ2n) is 11.2. The number of hydrogen-bond acceptors (Lipinski definition) is 9. The quantitative estimate of drug-likeness (QED) is 0.153. The Balaban J connectivity index is 1.39. The summed E-state index contributed by atoms with van der Waals surface area (Å²) in [6, 6.07) is 31.3. The molecule has 0 bridgehead atoms. The predicted molar refractivity (Wildman–Crippen MR) is 170 cm³/mol. The van der Waals surface area contributed by atoms with Gasteiger partial charge in [-0.15, -0.1) is 0 Å². The SMILES string of the molecule is COc1ccc(OC2O[C@H](COCc3ccccc3)[C@@H](OC(C)=O)[C@H](OCc3ccccc3)[C@H]2N2C(=O)c3ccccc3C2=O)cc1. The van der Waals surface area contributed by atoms with Gasteiger partial charge in [-0.2, -0.15) is 0 Å². The van der Waals surface area contributed by atoms with Crippen LogP contribution in [0.25, 0.3) is 0 Å². The average Bonchev–Trinajstić information content (AvgIpc) is 3.34. The zero-order valence-electron chi connectivity index (χ0n) is 26.0. The number of fused-ring (bicyclic) bond motifs is 1. The molecule has 5 atom stereocenters. The molecule has 4 aromatic rings. The topological polar surface area (TPSA) is 110 Å². The van der Waals surface area contributed by atoms with E-state index >= 15 is 0 Å². The number of benzene rings is 4. The van der Waals surface area contributed by atoms with Crippen molar-refractivity contribution < 1.29 is 42.8 Å². The third kappa shape index (κ3) is 7.20. The van der Waals surface area contributed by atoms with Crippen LogP contribution in [0.2, 0.25) is 0 Å². The van der Waals surface area contributed by atoms with E-state index in [2.05, 4.69) is 0 Å². The molecule has 2 aliphatic heterocycles. The summed E-state index contributed by atoms with van der Waals surface area (Å²) in [5.74, 6) is -0.637. The molecule has 47 heavy (non-hydrogen) atoms. The second kappa shape index (κ2) is 14.6. The molecule has 0 aromatic heterocycles. The van der Waals surface area contributed by atoms with Crippen molar-refractivity contribution in [3.8, 4) is 11.5 Å². The lowest BCUT2D eigenvalue weighted by Gasteiger charge is -2.47. The van der Waals surface area contributed by atoms with Crippen molar-refractivity contribution in [3.63, 3.8) is 0 Å². The first kappa shape index (κ1) is 31.9. The fourth-order valence-corrected chi connectivity index (χ4v) is 5.82. The van der Waals surface area contributed by atoms with Gasteiger partial charge in [-0.25, -0.2) is 0 Å². The van der Waals surface area contributed by atoms with Crippen LogP contribution in [-0.4, -0.2) is 67.0 Å². The van der Waals surface area contributed by atoms with Gasteiger partial charge in [0.05, 0.1) is 38.1 Å². The van der Waals surface area contributed by atoms with Gasteiger partial charge in [0, 0.05) is 6.92 Å². The standard InChI is InChI=1S/C37H35NO9/c1-24(39)45-33-31(23-43-21-25-11-5-3-6-12-25)47-37(46-28-19-17-27(42-2)18-20-28)32(34(33)44-22-26-13-7-4-8-14-26)38-35(40)29-15-9-10-16-30(29)36(38)41/h3-20,31-34,37H,21-23H2,1-2H3/t31-,32-,33-,34-,37?/m1/s1. The molecule has 2 heterocycles. The molecule has 10 heteroatoms. The van der Waals surface area contributed by atoms with Crippen molar-refractivity contribution in [1.29, 1.82) is 0 Å². The van der Waals surface area contributed by atoms with Gasteiger partial charge in [0.15, 0.2) is 6.10 Å². The van der Waals surface area contributed by atoms with Gasteiger partial charge in [-0.05, 0) is 47.5 Å². The van der Waals surface area contributed by atoms with Gasteiger partial charge in [-0.3, -0.25) is 19.3 Å².